The van der Waals surface area contributed by atoms with Gasteiger partial charge in [-0.15, -0.1) is 0 Å². The molecular formula is C21H28N4O3. The van der Waals surface area contributed by atoms with Crippen LogP contribution in [-0.2, 0) is 14.3 Å². The number of hydrogen-bond donors (Lipinski definition) is 1. The lowest BCUT2D eigenvalue weighted by molar-refractivity contribution is -0.148. The smallest absolute Gasteiger partial charge is 0.331 e. The maximum Gasteiger partial charge on any atom is 0.331 e. The molecule has 1 fully saturated rings. The van der Waals surface area contributed by atoms with E-state index in [2.05, 4.69) is 34.9 Å². The quantitative estimate of drug-likeness (QED) is 0.582. The minimum absolute atomic E-state index is 0.112. The SMILES string of the molecule is Cc1cc(/C=C/C(=O)O[C@H](C)C(=O)Nc2ccnn2C(C)C)c(C)n1C1CC1. The molecule has 2 aromatic rings. The maximum atomic E-state index is 12.3. The molecule has 1 atom stereocenters. The second-order valence-corrected chi connectivity index (χ2v) is 7.58. The van der Waals surface area contributed by atoms with Crippen LogP contribution in [0.4, 0.5) is 5.82 Å². The first-order chi connectivity index (χ1) is 13.3. The third-order valence-electron chi connectivity index (χ3n) is 4.91. The molecule has 0 spiro atoms. The first-order valence-electron chi connectivity index (χ1n) is 9.69. The summed E-state index contributed by atoms with van der Waals surface area (Å²) in [5.74, 6) is -0.363. The number of esters is 1. The van der Waals surface area contributed by atoms with Crippen LogP contribution in [0, 0.1) is 13.8 Å². The Morgan fingerprint density at radius 3 is 2.64 bits per heavy atom. The van der Waals surface area contributed by atoms with Crippen LogP contribution in [0.25, 0.3) is 6.08 Å². The predicted octanol–water partition coefficient (Wildman–Crippen LogP) is 3.80. The average Bonchev–Trinajstić information content (AvgIpc) is 3.27. The van der Waals surface area contributed by atoms with Gasteiger partial charge in [-0.1, -0.05) is 0 Å². The van der Waals surface area contributed by atoms with E-state index in [-0.39, 0.29) is 6.04 Å². The lowest BCUT2D eigenvalue weighted by atomic mass is 10.2. The maximum absolute atomic E-state index is 12.3. The van der Waals surface area contributed by atoms with E-state index in [0.717, 1.165) is 11.3 Å². The molecule has 3 rings (SSSR count). The zero-order valence-electron chi connectivity index (χ0n) is 17.1. The summed E-state index contributed by atoms with van der Waals surface area (Å²) in [6, 6.07) is 4.49. The standard InChI is InChI=1S/C21H28N4O3/c1-13(2)25-19(10-11-22-25)23-21(27)16(5)28-20(26)9-6-17-12-14(3)24(15(17)4)18-7-8-18/h6,9-13,16,18H,7-8H2,1-5H3,(H,23,27)/b9-6+/t16-/m1/s1. The fourth-order valence-corrected chi connectivity index (χ4v) is 3.34. The van der Waals surface area contributed by atoms with Crippen molar-refractivity contribution < 1.29 is 14.3 Å². The number of aryl methyl sites for hydroxylation is 1. The van der Waals surface area contributed by atoms with Crippen molar-refractivity contribution in [2.75, 3.05) is 5.32 Å². The van der Waals surface area contributed by atoms with Gasteiger partial charge in [0.25, 0.3) is 5.91 Å². The van der Waals surface area contributed by atoms with Crippen LogP contribution in [0.3, 0.4) is 0 Å². The van der Waals surface area contributed by atoms with Crippen molar-refractivity contribution in [2.24, 2.45) is 0 Å². The van der Waals surface area contributed by atoms with E-state index in [4.69, 9.17) is 4.74 Å². The Morgan fingerprint density at radius 2 is 2.00 bits per heavy atom. The second kappa shape index (κ2) is 8.04. The summed E-state index contributed by atoms with van der Waals surface area (Å²) >= 11 is 0. The van der Waals surface area contributed by atoms with Crippen LogP contribution in [0.5, 0.6) is 0 Å². The topological polar surface area (TPSA) is 78.2 Å². The minimum atomic E-state index is -0.911. The lowest BCUT2D eigenvalue weighted by Crippen LogP contribution is -2.30. The van der Waals surface area contributed by atoms with E-state index in [0.29, 0.717) is 11.9 Å². The first-order valence-corrected chi connectivity index (χ1v) is 9.69. The minimum Gasteiger partial charge on any atom is -0.449 e. The molecule has 0 saturated heterocycles. The van der Waals surface area contributed by atoms with Gasteiger partial charge in [-0.3, -0.25) is 4.79 Å². The highest BCUT2D eigenvalue weighted by atomic mass is 16.5. The number of carbonyl (C=O) groups is 2. The number of ether oxygens (including phenoxy) is 1. The molecule has 1 aliphatic carbocycles. The van der Waals surface area contributed by atoms with Crippen LogP contribution >= 0.6 is 0 Å². The molecule has 0 aromatic carbocycles. The Labute approximate surface area is 165 Å². The number of hydrogen-bond acceptors (Lipinski definition) is 4. The number of rotatable bonds is 7. The number of aromatic nitrogens is 3. The van der Waals surface area contributed by atoms with Gasteiger partial charge in [0.15, 0.2) is 6.10 Å². The fourth-order valence-electron chi connectivity index (χ4n) is 3.34. The lowest BCUT2D eigenvalue weighted by Gasteiger charge is -2.15. The monoisotopic (exact) mass is 384 g/mol. The summed E-state index contributed by atoms with van der Waals surface area (Å²) in [6.07, 6.45) is 6.26. The van der Waals surface area contributed by atoms with E-state index in [1.165, 1.54) is 24.6 Å². The fraction of sp³-hybridized carbons (Fsp3) is 0.476. The second-order valence-electron chi connectivity index (χ2n) is 7.58. The molecule has 0 unspecified atom stereocenters. The molecule has 1 amide bonds. The molecule has 2 aromatic heterocycles. The molecule has 0 radical (unpaired) electrons. The normalized spacial score (nSPS) is 15.2. The molecule has 1 aliphatic rings. The summed E-state index contributed by atoms with van der Waals surface area (Å²) in [5.41, 5.74) is 3.35. The molecule has 1 saturated carbocycles. The zero-order chi connectivity index (χ0) is 20.4. The van der Waals surface area contributed by atoms with Crippen molar-refractivity contribution in [2.45, 2.75) is 65.6 Å². The summed E-state index contributed by atoms with van der Waals surface area (Å²) in [6.45, 7) is 9.63. The Kier molecular flexibility index (Phi) is 5.72. The molecule has 7 nitrogen and oxygen atoms in total. The predicted molar refractivity (Wildman–Crippen MR) is 108 cm³/mol. The number of carbonyl (C=O) groups excluding carboxylic acids is 2. The third kappa shape index (κ3) is 4.35. The van der Waals surface area contributed by atoms with Crippen LogP contribution in [0.1, 0.15) is 62.6 Å². The highest BCUT2D eigenvalue weighted by Crippen LogP contribution is 2.38. The van der Waals surface area contributed by atoms with Crippen molar-refractivity contribution in [1.29, 1.82) is 0 Å². The highest BCUT2D eigenvalue weighted by molar-refractivity contribution is 5.96. The van der Waals surface area contributed by atoms with Gasteiger partial charge in [0.05, 0.1) is 6.20 Å². The Hall–Kier alpha value is -2.83. The van der Waals surface area contributed by atoms with Crippen LogP contribution in [0.15, 0.2) is 24.4 Å². The zero-order valence-corrected chi connectivity index (χ0v) is 17.1. The first kappa shape index (κ1) is 19.9. The van der Waals surface area contributed by atoms with Crippen molar-refractivity contribution in [3.63, 3.8) is 0 Å². The molecular weight excluding hydrogens is 356 g/mol. The van der Waals surface area contributed by atoms with Gasteiger partial charge in [0, 0.05) is 35.6 Å². The van der Waals surface area contributed by atoms with E-state index >= 15 is 0 Å². The Morgan fingerprint density at radius 1 is 1.29 bits per heavy atom. The van der Waals surface area contributed by atoms with E-state index in [1.54, 1.807) is 29.9 Å². The third-order valence-corrected chi connectivity index (χ3v) is 4.91. The molecule has 28 heavy (non-hydrogen) atoms. The summed E-state index contributed by atoms with van der Waals surface area (Å²) in [4.78, 5) is 24.5. The summed E-state index contributed by atoms with van der Waals surface area (Å²) < 4.78 is 9.26. The molecule has 0 bridgehead atoms. The Bertz CT molecular complexity index is 903. The van der Waals surface area contributed by atoms with Gasteiger partial charge in [-0.25, -0.2) is 9.48 Å². The number of anilines is 1. The van der Waals surface area contributed by atoms with Gasteiger partial charge in [-0.05, 0) is 65.2 Å². The van der Waals surface area contributed by atoms with Gasteiger partial charge in [0.1, 0.15) is 5.82 Å². The van der Waals surface area contributed by atoms with E-state index in [1.807, 2.05) is 13.8 Å². The van der Waals surface area contributed by atoms with Crippen molar-refractivity contribution in [1.82, 2.24) is 14.3 Å². The number of nitrogens with zero attached hydrogens (tertiary/aromatic N) is 3. The number of nitrogens with one attached hydrogen (secondary N) is 1. The van der Waals surface area contributed by atoms with Gasteiger partial charge in [0.2, 0.25) is 0 Å². The Balaban J connectivity index is 1.58. The summed E-state index contributed by atoms with van der Waals surface area (Å²) in [5, 5.41) is 6.91. The molecule has 7 heteroatoms. The number of amides is 1. The molecule has 1 N–H and O–H groups in total. The molecule has 150 valence electrons. The van der Waals surface area contributed by atoms with Gasteiger partial charge in [-0.2, -0.15) is 5.10 Å². The van der Waals surface area contributed by atoms with Crippen molar-refractivity contribution in [3.8, 4) is 0 Å². The highest BCUT2D eigenvalue weighted by Gasteiger charge is 2.26. The molecule has 0 aliphatic heterocycles. The van der Waals surface area contributed by atoms with E-state index in [9.17, 15) is 9.59 Å². The largest absolute Gasteiger partial charge is 0.449 e. The average molecular weight is 384 g/mol. The summed E-state index contributed by atoms with van der Waals surface area (Å²) in [7, 11) is 0. The van der Waals surface area contributed by atoms with Gasteiger partial charge >= 0.3 is 5.97 Å². The van der Waals surface area contributed by atoms with Crippen LogP contribution in [-0.4, -0.2) is 32.3 Å². The van der Waals surface area contributed by atoms with Crippen molar-refractivity contribution >= 4 is 23.8 Å². The van der Waals surface area contributed by atoms with Crippen molar-refractivity contribution in [3.05, 3.63) is 41.4 Å². The van der Waals surface area contributed by atoms with E-state index < -0.39 is 18.0 Å². The van der Waals surface area contributed by atoms with Crippen LogP contribution in [0.2, 0.25) is 0 Å². The van der Waals surface area contributed by atoms with Crippen LogP contribution < -0.4 is 5.32 Å². The molecule has 2 heterocycles. The van der Waals surface area contributed by atoms with Gasteiger partial charge < -0.3 is 14.6 Å².